The van der Waals surface area contributed by atoms with Crippen molar-refractivity contribution in [1.82, 2.24) is 0 Å². The molecule has 0 aromatic heterocycles. The third-order valence-electron chi connectivity index (χ3n) is 3.73. The smallest absolute Gasteiger partial charge is 0.0934 e. The van der Waals surface area contributed by atoms with Gasteiger partial charge in [0.2, 0.25) is 0 Å². The summed E-state index contributed by atoms with van der Waals surface area (Å²) < 4.78 is 12.3. The number of benzene rings is 3. The van der Waals surface area contributed by atoms with Gasteiger partial charge in [0.25, 0.3) is 0 Å². The molecular formula is C20H16ClF. The minimum atomic E-state index is -0.310. The van der Waals surface area contributed by atoms with Gasteiger partial charge in [-0.25, -0.2) is 0 Å². The number of hydrogen-bond donors (Lipinski definition) is 0. The summed E-state index contributed by atoms with van der Waals surface area (Å²) in [6.45, 7) is -0.310. The average molecular weight is 311 g/mol. The minimum Gasteiger partial charge on any atom is -0.251 e. The Morgan fingerprint density at radius 1 is 0.591 bits per heavy atom. The zero-order valence-corrected chi connectivity index (χ0v) is 12.9. The van der Waals surface area contributed by atoms with Crippen LogP contribution >= 0.6 is 11.6 Å². The monoisotopic (exact) mass is 310 g/mol. The highest BCUT2D eigenvalue weighted by molar-refractivity contribution is 6.30. The van der Waals surface area contributed by atoms with Crippen LogP contribution < -0.4 is 0 Å². The minimum absolute atomic E-state index is 0.310. The van der Waals surface area contributed by atoms with Gasteiger partial charge >= 0.3 is 0 Å². The Hall–Kier alpha value is -2.12. The van der Waals surface area contributed by atoms with Crippen LogP contribution in [0.3, 0.4) is 0 Å². The highest BCUT2D eigenvalue weighted by Gasteiger charge is 2.01. The maximum absolute atomic E-state index is 12.3. The van der Waals surface area contributed by atoms with Crippen LogP contribution in [0.5, 0.6) is 0 Å². The Balaban J connectivity index is 1.83. The molecule has 0 aliphatic carbocycles. The summed E-state index contributed by atoms with van der Waals surface area (Å²) in [5.74, 6) is 0. The molecule has 0 spiro atoms. The first kappa shape index (κ1) is 14.8. The highest BCUT2D eigenvalue weighted by Crippen LogP contribution is 2.26. The molecule has 0 atom stereocenters. The molecule has 0 saturated carbocycles. The SMILES string of the molecule is FCCc1ccc(-c2ccc(-c3ccc(Cl)cc3)cc2)cc1. The maximum Gasteiger partial charge on any atom is 0.0934 e. The van der Waals surface area contributed by atoms with E-state index in [4.69, 9.17) is 11.6 Å². The van der Waals surface area contributed by atoms with E-state index in [0.717, 1.165) is 32.8 Å². The van der Waals surface area contributed by atoms with Gasteiger partial charge in [0.05, 0.1) is 6.67 Å². The molecule has 2 heteroatoms. The summed E-state index contributed by atoms with van der Waals surface area (Å²) in [5, 5.41) is 0.744. The molecule has 110 valence electrons. The van der Waals surface area contributed by atoms with E-state index in [9.17, 15) is 4.39 Å². The Morgan fingerprint density at radius 2 is 0.955 bits per heavy atom. The van der Waals surface area contributed by atoms with Crippen molar-refractivity contribution in [2.75, 3.05) is 6.67 Å². The van der Waals surface area contributed by atoms with Crippen LogP contribution in [-0.4, -0.2) is 6.67 Å². The number of halogens is 2. The fraction of sp³-hybridized carbons (Fsp3) is 0.100. The summed E-state index contributed by atoms with van der Waals surface area (Å²) in [6.07, 6.45) is 0.482. The predicted molar refractivity (Wildman–Crippen MR) is 92.0 cm³/mol. The van der Waals surface area contributed by atoms with Gasteiger partial charge in [-0.3, -0.25) is 4.39 Å². The molecule has 0 saturated heterocycles. The molecule has 0 radical (unpaired) electrons. The van der Waals surface area contributed by atoms with Crippen LogP contribution in [0.25, 0.3) is 22.3 Å². The standard InChI is InChI=1S/C20H16ClF/c21-20-11-9-19(10-12-20)18-7-5-17(6-8-18)16-3-1-15(2-4-16)13-14-22/h1-12H,13-14H2. The molecule has 0 aliphatic heterocycles. The molecule has 0 bridgehead atoms. The zero-order valence-electron chi connectivity index (χ0n) is 12.1. The summed E-state index contributed by atoms with van der Waals surface area (Å²) in [7, 11) is 0. The largest absolute Gasteiger partial charge is 0.251 e. The van der Waals surface area contributed by atoms with Crippen LogP contribution in [0.1, 0.15) is 5.56 Å². The van der Waals surface area contributed by atoms with Crippen molar-refractivity contribution in [3.8, 4) is 22.3 Å². The molecular weight excluding hydrogens is 295 g/mol. The number of aryl methyl sites for hydroxylation is 1. The van der Waals surface area contributed by atoms with E-state index < -0.39 is 0 Å². The van der Waals surface area contributed by atoms with E-state index in [1.165, 1.54) is 0 Å². The fourth-order valence-corrected chi connectivity index (χ4v) is 2.60. The molecule has 0 heterocycles. The summed E-state index contributed by atoms with van der Waals surface area (Å²) in [5.41, 5.74) is 5.64. The van der Waals surface area contributed by atoms with Crippen molar-refractivity contribution in [3.05, 3.63) is 83.4 Å². The normalized spacial score (nSPS) is 10.6. The van der Waals surface area contributed by atoms with Gasteiger partial charge in [-0.15, -0.1) is 0 Å². The van der Waals surface area contributed by atoms with E-state index in [1.54, 1.807) is 0 Å². The van der Waals surface area contributed by atoms with Crippen LogP contribution in [0, 0.1) is 0 Å². The quantitative estimate of drug-likeness (QED) is 0.539. The van der Waals surface area contributed by atoms with Gasteiger partial charge in [-0.05, 0) is 39.9 Å². The highest BCUT2D eigenvalue weighted by atomic mass is 35.5. The number of rotatable bonds is 4. The molecule has 3 aromatic rings. The summed E-state index contributed by atoms with van der Waals surface area (Å²) in [4.78, 5) is 0. The van der Waals surface area contributed by atoms with Crippen molar-refractivity contribution < 1.29 is 4.39 Å². The second-order valence-corrected chi connectivity index (χ2v) is 5.66. The lowest BCUT2D eigenvalue weighted by Gasteiger charge is -2.06. The lowest BCUT2D eigenvalue weighted by atomic mass is 9.99. The molecule has 3 aromatic carbocycles. The van der Waals surface area contributed by atoms with Gasteiger partial charge < -0.3 is 0 Å². The van der Waals surface area contributed by atoms with Gasteiger partial charge in [0.1, 0.15) is 0 Å². The van der Waals surface area contributed by atoms with E-state index >= 15 is 0 Å². The zero-order chi connectivity index (χ0) is 15.4. The third kappa shape index (κ3) is 3.37. The van der Waals surface area contributed by atoms with E-state index in [1.807, 2.05) is 48.5 Å². The molecule has 0 N–H and O–H groups in total. The number of alkyl halides is 1. The Kier molecular flexibility index (Phi) is 4.55. The second-order valence-electron chi connectivity index (χ2n) is 5.22. The first-order valence-corrected chi connectivity index (χ1v) is 7.65. The lowest BCUT2D eigenvalue weighted by Crippen LogP contribution is -1.86. The van der Waals surface area contributed by atoms with Crippen LogP contribution in [-0.2, 0) is 6.42 Å². The molecule has 3 rings (SSSR count). The van der Waals surface area contributed by atoms with Gasteiger partial charge in [0, 0.05) is 11.4 Å². The van der Waals surface area contributed by atoms with Crippen LogP contribution in [0.15, 0.2) is 72.8 Å². The van der Waals surface area contributed by atoms with Crippen molar-refractivity contribution in [3.63, 3.8) is 0 Å². The molecule has 22 heavy (non-hydrogen) atoms. The molecule has 0 fully saturated rings. The first-order chi connectivity index (χ1) is 10.8. The second kappa shape index (κ2) is 6.76. The topological polar surface area (TPSA) is 0 Å². The average Bonchev–Trinajstić information content (AvgIpc) is 2.57. The summed E-state index contributed by atoms with van der Waals surface area (Å²) >= 11 is 5.92. The Bertz CT molecular complexity index is 728. The van der Waals surface area contributed by atoms with Crippen molar-refractivity contribution in [2.45, 2.75) is 6.42 Å². The molecule has 0 nitrogen and oxygen atoms in total. The van der Waals surface area contributed by atoms with Crippen LogP contribution in [0.2, 0.25) is 5.02 Å². The summed E-state index contributed by atoms with van der Waals surface area (Å²) in [6, 6.07) is 24.3. The van der Waals surface area contributed by atoms with Gasteiger partial charge in [0.15, 0.2) is 0 Å². The van der Waals surface area contributed by atoms with Crippen molar-refractivity contribution >= 4 is 11.6 Å². The predicted octanol–water partition coefficient (Wildman–Crippen LogP) is 6.19. The van der Waals surface area contributed by atoms with Crippen molar-refractivity contribution in [1.29, 1.82) is 0 Å². The lowest BCUT2D eigenvalue weighted by molar-refractivity contribution is 0.495. The van der Waals surface area contributed by atoms with Crippen molar-refractivity contribution in [2.24, 2.45) is 0 Å². The van der Waals surface area contributed by atoms with E-state index in [0.29, 0.717) is 6.42 Å². The molecule has 0 aliphatic rings. The third-order valence-corrected chi connectivity index (χ3v) is 3.98. The van der Waals surface area contributed by atoms with Crippen LogP contribution in [0.4, 0.5) is 4.39 Å². The van der Waals surface area contributed by atoms with E-state index in [-0.39, 0.29) is 6.67 Å². The number of hydrogen-bond acceptors (Lipinski definition) is 0. The fourth-order valence-electron chi connectivity index (χ4n) is 2.47. The van der Waals surface area contributed by atoms with E-state index in [2.05, 4.69) is 24.3 Å². The first-order valence-electron chi connectivity index (χ1n) is 7.27. The molecule has 0 amide bonds. The Morgan fingerprint density at radius 3 is 1.36 bits per heavy atom. The van der Waals surface area contributed by atoms with Gasteiger partial charge in [-0.1, -0.05) is 72.3 Å². The Labute approximate surface area is 135 Å². The molecule has 0 unspecified atom stereocenters. The van der Waals surface area contributed by atoms with Gasteiger partial charge in [-0.2, -0.15) is 0 Å². The maximum atomic E-state index is 12.3.